The lowest BCUT2D eigenvalue weighted by atomic mass is 10.3. The van der Waals surface area contributed by atoms with E-state index in [0.717, 1.165) is 11.3 Å². The van der Waals surface area contributed by atoms with Crippen LogP contribution in [-0.2, 0) is 0 Å². The standard InChI is InChI=1S/C12H13N3O4S/c1-5-8(19-4-13-5)10(16)14-7(3)11-15-6(2)9(20-11)12(17)18/h4,7H,1-3H3,(H,14,16)(H,17,18). The van der Waals surface area contributed by atoms with Crippen LogP contribution in [0.5, 0.6) is 0 Å². The third kappa shape index (κ3) is 2.69. The molecule has 0 aliphatic heterocycles. The second kappa shape index (κ2) is 5.41. The number of oxazole rings is 1. The minimum atomic E-state index is -1.02. The highest BCUT2D eigenvalue weighted by Crippen LogP contribution is 2.23. The summed E-state index contributed by atoms with van der Waals surface area (Å²) in [6.45, 7) is 5.02. The summed E-state index contributed by atoms with van der Waals surface area (Å²) in [5, 5.41) is 12.2. The minimum Gasteiger partial charge on any atom is -0.477 e. The molecule has 2 aromatic rings. The van der Waals surface area contributed by atoms with Gasteiger partial charge in [0, 0.05) is 0 Å². The number of carboxylic acids is 1. The fraction of sp³-hybridized carbons (Fsp3) is 0.333. The number of rotatable bonds is 4. The summed E-state index contributed by atoms with van der Waals surface area (Å²) in [5.74, 6) is -1.28. The average molecular weight is 295 g/mol. The summed E-state index contributed by atoms with van der Waals surface area (Å²) < 4.78 is 5.00. The van der Waals surface area contributed by atoms with Crippen molar-refractivity contribution in [2.45, 2.75) is 26.8 Å². The minimum absolute atomic E-state index is 0.142. The molecule has 2 aromatic heterocycles. The van der Waals surface area contributed by atoms with Crippen LogP contribution in [0.2, 0.25) is 0 Å². The van der Waals surface area contributed by atoms with E-state index < -0.39 is 17.9 Å². The van der Waals surface area contributed by atoms with Crippen LogP contribution >= 0.6 is 11.3 Å². The number of nitrogens with one attached hydrogen (secondary N) is 1. The Morgan fingerprint density at radius 1 is 1.40 bits per heavy atom. The fourth-order valence-electron chi connectivity index (χ4n) is 1.64. The summed E-state index contributed by atoms with van der Waals surface area (Å²) in [6.07, 6.45) is 1.20. The van der Waals surface area contributed by atoms with Crippen LogP contribution in [0.15, 0.2) is 10.8 Å². The van der Waals surface area contributed by atoms with Gasteiger partial charge in [-0.05, 0) is 20.8 Å². The number of carbonyl (C=O) groups is 2. The van der Waals surface area contributed by atoms with Crippen LogP contribution in [0.1, 0.15) is 49.6 Å². The summed E-state index contributed by atoms with van der Waals surface area (Å²) >= 11 is 1.05. The van der Waals surface area contributed by atoms with Gasteiger partial charge in [0.2, 0.25) is 5.76 Å². The SMILES string of the molecule is Cc1ncoc1C(=O)NC(C)c1nc(C)c(C(=O)O)s1. The Balaban J connectivity index is 2.14. The maximum absolute atomic E-state index is 12.0. The maximum Gasteiger partial charge on any atom is 0.347 e. The van der Waals surface area contributed by atoms with E-state index in [-0.39, 0.29) is 10.6 Å². The zero-order valence-corrected chi connectivity index (χ0v) is 11.9. The summed E-state index contributed by atoms with van der Waals surface area (Å²) in [7, 11) is 0. The van der Waals surface area contributed by atoms with Crippen molar-refractivity contribution in [3.05, 3.63) is 33.4 Å². The van der Waals surface area contributed by atoms with Gasteiger partial charge >= 0.3 is 5.97 Å². The lowest BCUT2D eigenvalue weighted by Gasteiger charge is -2.09. The molecule has 2 heterocycles. The molecule has 2 N–H and O–H groups in total. The molecule has 0 aromatic carbocycles. The van der Waals surface area contributed by atoms with Gasteiger partial charge in [0.15, 0.2) is 6.39 Å². The highest BCUT2D eigenvalue weighted by atomic mass is 32.1. The van der Waals surface area contributed by atoms with E-state index in [0.29, 0.717) is 16.4 Å². The molecule has 0 radical (unpaired) electrons. The van der Waals surface area contributed by atoms with E-state index >= 15 is 0 Å². The lowest BCUT2D eigenvalue weighted by Crippen LogP contribution is -2.26. The van der Waals surface area contributed by atoms with E-state index in [1.807, 2.05) is 0 Å². The van der Waals surface area contributed by atoms with E-state index in [9.17, 15) is 9.59 Å². The molecule has 106 valence electrons. The maximum atomic E-state index is 12.0. The predicted molar refractivity (Wildman–Crippen MR) is 70.9 cm³/mol. The molecule has 0 saturated carbocycles. The predicted octanol–water partition coefficient (Wildman–Crippen LogP) is 1.94. The Labute approximate surface area is 118 Å². The summed E-state index contributed by atoms with van der Waals surface area (Å²) in [5.41, 5.74) is 0.936. The van der Waals surface area contributed by atoms with Gasteiger partial charge in [0.1, 0.15) is 9.88 Å². The normalized spacial score (nSPS) is 12.2. The molecule has 20 heavy (non-hydrogen) atoms. The van der Waals surface area contributed by atoms with Crippen LogP contribution in [0.3, 0.4) is 0 Å². The Morgan fingerprint density at radius 3 is 2.60 bits per heavy atom. The largest absolute Gasteiger partial charge is 0.477 e. The number of hydrogen-bond acceptors (Lipinski definition) is 6. The van der Waals surface area contributed by atoms with Gasteiger partial charge < -0.3 is 14.8 Å². The van der Waals surface area contributed by atoms with Crippen molar-refractivity contribution in [3.63, 3.8) is 0 Å². The zero-order chi connectivity index (χ0) is 14.9. The van der Waals surface area contributed by atoms with E-state index in [1.165, 1.54) is 6.39 Å². The molecule has 1 unspecified atom stereocenters. The monoisotopic (exact) mass is 295 g/mol. The molecular weight excluding hydrogens is 282 g/mol. The topological polar surface area (TPSA) is 105 Å². The lowest BCUT2D eigenvalue weighted by molar-refractivity contribution is 0.0700. The molecule has 8 heteroatoms. The Morgan fingerprint density at radius 2 is 2.10 bits per heavy atom. The molecule has 2 rings (SSSR count). The summed E-state index contributed by atoms with van der Waals surface area (Å²) in [4.78, 5) is 31.1. The number of aromatic nitrogens is 2. The highest BCUT2D eigenvalue weighted by Gasteiger charge is 2.21. The number of aromatic carboxylic acids is 1. The molecule has 0 aliphatic rings. The van der Waals surface area contributed by atoms with Crippen molar-refractivity contribution in [2.24, 2.45) is 0 Å². The van der Waals surface area contributed by atoms with Crippen LogP contribution in [-0.4, -0.2) is 27.0 Å². The molecular formula is C12H13N3O4S. The van der Waals surface area contributed by atoms with E-state index in [2.05, 4.69) is 15.3 Å². The van der Waals surface area contributed by atoms with Gasteiger partial charge in [-0.1, -0.05) is 0 Å². The van der Waals surface area contributed by atoms with Crippen molar-refractivity contribution in [1.29, 1.82) is 0 Å². The van der Waals surface area contributed by atoms with Gasteiger partial charge in [0.25, 0.3) is 5.91 Å². The summed E-state index contributed by atoms with van der Waals surface area (Å²) in [6, 6.07) is -0.413. The van der Waals surface area contributed by atoms with Crippen molar-refractivity contribution >= 4 is 23.2 Å². The number of amides is 1. The quantitative estimate of drug-likeness (QED) is 0.893. The van der Waals surface area contributed by atoms with Crippen molar-refractivity contribution in [2.75, 3.05) is 0 Å². The van der Waals surface area contributed by atoms with E-state index in [1.54, 1.807) is 20.8 Å². The average Bonchev–Trinajstić information content (AvgIpc) is 2.95. The van der Waals surface area contributed by atoms with Crippen LogP contribution < -0.4 is 5.32 Å². The molecule has 0 aliphatic carbocycles. The van der Waals surface area contributed by atoms with Crippen LogP contribution in [0, 0.1) is 13.8 Å². The molecule has 0 saturated heterocycles. The number of thiazole rings is 1. The van der Waals surface area contributed by atoms with Gasteiger partial charge in [-0.25, -0.2) is 14.8 Å². The first-order valence-electron chi connectivity index (χ1n) is 5.81. The number of nitrogens with zero attached hydrogens (tertiary/aromatic N) is 2. The fourth-order valence-corrected chi connectivity index (χ4v) is 2.55. The first-order valence-corrected chi connectivity index (χ1v) is 6.63. The molecule has 1 amide bonds. The van der Waals surface area contributed by atoms with Gasteiger partial charge in [-0.2, -0.15) is 0 Å². The molecule has 1 atom stereocenters. The third-order valence-corrected chi connectivity index (χ3v) is 4.01. The van der Waals surface area contributed by atoms with E-state index in [4.69, 9.17) is 9.52 Å². The second-order valence-electron chi connectivity index (χ2n) is 4.23. The van der Waals surface area contributed by atoms with Crippen LogP contribution in [0.25, 0.3) is 0 Å². The number of aryl methyl sites for hydroxylation is 2. The van der Waals surface area contributed by atoms with Gasteiger partial charge in [0.05, 0.1) is 17.4 Å². The molecule has 0 bridgehead atoms. The third-order valence-electron chi connectivity index (χ3n) is 2.68. The zero-order valence-electron chi connectivity index (χ0n) is 11.1. The Hall–Kier alpha value is -2.22. The first-order chi connectivity index (χ1) is 9.40. The Kier molecular flexibility index (Phi) is 3.84. The van der Waals surface area contributed by atoms with Gasteiger partial charge in [-0.15, -0.1) is 11.3 Å². The molecule has 0 spiro atoms. The van der Waals surface area contributed by atoms with Crippen molar-refractivity contribution in [1.82, 2.24) is 15.3 Å². The number of carbonyl (C=O) groups excluding carboxylic acids is 1. The second-order valence-corrected chi connectivity index (χ2v) is 5.26. The number of carboxylic acid groups (broad SMARTS) is 1. The van der Waals surface area contributed by atoms with Crippen LogP contribution in [0.4, 0.5) is 0 Å². The molecule has 7 nitrogen and oxygen atoms in total. The van der Waals surface area contributed by atoms with Crippen molar-refractivity contribution in [3.8, 4) is 0 Å². The van der Waals surface area contributed by atoms with Gasteiger partial charge in [-0.3, -0.25) is 4.79 Å². The smallest absolute Gasteiger partial charge is 0.347 e. The highest BCUT2D eigenvalue weighted by molar-refractivity contribution is 7.13. The Bertz CT molecular complexity index is 661. The molecule has 0 fully saturated rings. The number of hydrogen-bond donors (Lipinski definition) is 2. The first kappa shape index (κ1) is 14.2. The van der Waals surface area contributed by atoms with Crippen molar-refractivity contribution < 1.29 is 19.1 Å².